The van der Waals surface area contributed by atoms with Crippen molar-refractivity contribution in [2.45, 2.75) is 32.1 Å². The molecule has 0 spiro atoms. The Morgan fingerprint density at radius 3 is 2.47 bits per heavy atom. The van der Waals surface area contributed by atoms with Gasteiger partial charge < -0.3 is 15.5 Å². The van der Waals surface area contributed by atoms with Gasteiger partial charge in [0.1, 0.15) is 0 Å². The minimum Gasteiger partial charge on any atom is -0.343 e. The fourth-order valence-corrected chi connectivity index (χ4v) is 4.26. The maximum Gasteiger partial charge on any atom is 0.227 e. The summed E-state index contributed by atoms with van der Waals surface area (Å²) in [5.74, 6) is -0.153. The molecule has 2 aromatic rings. The zero-order valence-electron chi connectivity index (χ0n) is 17.0. The molecular formula is C24H27N3O3. The van der Waals surface area contributed by atoms with Gasteiger partial charge in [0.2, 0.25) is 17.7 Å². The summed E-state index contributed by atoms with van der Waals surface area (Å²) >= 11 is 0. The van der Waals surface area contributed by atoms with Crippen LogP contribution in [0.25, 0.3) is 0 Å². The fraction of sp³-hybridized carbons (Fsp3) is 0.375. The van der Waals surface area contributed by atoms with Gasteiger partial charge in [-0.3, -0.25) is 14.4 Å². The molecule has 6 nitrogen and oxygen atoms in total. The van der Waals surface area contributed by atoms with Gasteiger partial charge in [0, 0.05) is 42.7 Å². The number of hydrogen-bond acceptors (Lipinski definition) is 3. The third kappa shape index (κ3) is 4.70. The molecule has 0 aromatic heterocycles. The summed E-state index contributed by atoms with van der Waals surface area (Å²) in [5, 5.41) is 5.89. The van der Waals surface area contributed by atoms with E-state index in [4.69, 9.17) is 0 Å². The Morgan fingerprint density at radius 1 is 1.00 bits per heavy atom. The number of benzene rings is 2. The van der Waals surface area contributed by atoms with Crippen molar-refractivity contribution in [1.82, 2.24) is 4.90 Å². The van der Waals surface area contributed by atoms with Crippen molar-refractivity contribution in [3.05, 3.63) is 60.2 Å². The summed E-state index contributed by atoms with van der Waals surface area (Å²) < 4.78 is 0. The third-order valence-corrected chi connectivity index (χ3v) is 6.08. The zero-order chi connectivity index (χ0) is 20.9. The summed E-state index contributed by atoms with van der Waals surface area (Å²) in [6, 6.07) is 17.2. The number of carbonyl (C=O) groups is 3. The van der Waals surface area contributed by atoms with Gasteiger partial charge in [0.25, 0.3) is 0 Å². The van der Waals surface area contributed by atoms with Crippen LogP contribution in [0, 0.1) is 11.8 Å². The molecule has 2 aromatic carbocycles. The second-order valence-electron chi connectivity index (χ2n) is 8.10. The standard InChI is InChI=1S/C24H27N3O3/c28-22(11-10-19-16-18-6-4-5-9-21(18)26-24(19)30)27-14-12-17(13-15-27)23(29)25-20-7-2-1-3-8-20/h1-9,17,19H,10-16H2,(H,25,29)(H,26,30). The maximum absolute atomic E-state index is 12.7. The van der Waals surface area contributed by atoms with Gasteiger partial charge in [0.05, 0.1) is 0 Å². The van der Waals surface area contributed by atoms with Crippen LogP contribution in [0.15, 0.2) is 54.6 Å². The summed E-state index contributed by atoms with van der Waals surface area (Å²) in [6.07, 6.45) is 2.93. The quantitative estimate of drug-likeness (QED) is 0.800. The van der Waals surface area contributed by atoms with Crippen molar-refractivity contribution in [3.63, 3.8) is 0 Å². The Kier molecular flexibility index (Phi) is 6.12. The normalized spacial score (nSPS) is 19.0. The van der Waals surface area contributed by atoms with E-state index in [1.165, 1.54) is 0 Å². The lowest BCUT2D eigenvalue weighted by Crippen LogP contribution is -2.41. The molecule has 2 heterocycles. The smallest absolute Gasteiger partial charge is 0.227 e. The summed E-state index contributed by atoms with van der Waals surface area (Å²) in [7, 11) is 0. The maximum atomic E-state index is 12.7. The molecular weight excluding hydrogens is 378 g/mol. The topological polar surface area (TPSA) is 78.5 Å². The lowest BCUT2D eigenvalue weighted by molar-refractivity contribution is -0.135. The van der Waals surface area contributed by atoms with E-state index in [0.717, 1.165) is 16.9 Å². The highest BCUT2D eigenvalue weighted by molar-refractivity contribution is 5.96. The lowest BCUT2D eigenvalue weighted by Gasteiger charge is -2.32. The minimum absolute atomic E-state index is 0.00205. The van der Waals surface area contributed by atoms with Crippen LogP contribution in [0.3, 0.4) is 0 Å². The molecule has 2 N–H and O–H groups in total. The molecule has 4 rings (SSSR count). The van der Waals surface area contributed by atoms with Crippen LogP contribution in [0.2, 0.25) is 0 Å². The van der Waals surface area contributed by atoms with E-state index in [-0.39, 0.29) is 29.6 Å². The lowest BCUT2D eigenvalue weighted by atomic mass is 9.89. The second kappa shape index (κ2) is 9.11. The molecule has 156 valence electrons. The van der Waals surface area contributed by atoms with Crippen LogP contribution in [-0.4, -0.2) is 35.7 Å². The highest BCUT2D eigenvalue weighted by Gasteiger charge is 2.30. The predicted octanol–water partition coefficient (Wildman–Crippen LogP) is 3.45. The first kappa shape index (κ1) is 20.1. The SMILES string of the molecule is O=C(Nc1ccccc1)C1CCN(C(=O)CCC2Cc3ccccc3NC2=O)CC1. The molecule has 1 fully saturated rings. The number of anilines is 2. The van der Waals surface area contributed by atoms with Crippen LogP contribution in [-0.2, 0) is 20.8 Å². The van der Waals surface area contributed by atoms with Crippen LogP contribution in [0.4, 0.5) is 11.4 Å². The van der Waals surface area contributed by atoms with Gasteiger partial charge in [0.15, 0.2) is 0 Å². The molecule has 1 unspecified atom stereocenters. The predicted molar refractivity (Wildman–Crippen MR) is 116 cm³/mol. The van der Waals surface area contributed by atoms with Gasteiger partial charge in [-0.15, -0.1) is 0 Å². The van der Waals surface area contributed by atoms with Crippen molar-refractivity contribution >= 4 is 29.1 Å². The first-order valence-corrected chi connectivity index (χ1v) is 10.6. The van der Waals surface area contributed by atoms with Crippen molar-refractivity contribution in [2.75, 3.05) is 23.7 Å². The largest absolute Gasteiger partial charge is 0.343 e. The van der Waals surface area contributed by atoms with Crippen molar-refractivity contribution < 1.29 is 14.4 Å². The molecule has 1 atom stereocenters. The molecule has 2 aliphatic rings. The number of hydrogen-bond donors (Lipinski definition) is 2. The van der Waals surface area contributed by atoms with Gasteiger partial charge in [-0.1, -0.05) is 36.4 Å². The average molecular weight is 405 g/mol. The Hall–Kier alpha value is -3.15. The van der Waals surface area contributed by atoms with Crippen LogP contribution < -0.4 is 10.6 Å². The van der Waals surface area contributed by atoms with E-state index >= 15 is 0 Å². The van der Waals surface area contributed by atoms with Gasteiger partial charge in [-0.2, -0.15) is 0 Å². The Morgan fingerprint density at radius 2 is 1.70 bits per heavy atom. The first-order chi connectivity index (χ1) is 14.6. The monoisotopic (exact) mass is 405 g/mol. The first-order valence-electron chi connectivity index (χ1n) is 10.6. The van der Waals surface area contributed by atoms with Crippen molar-refractivity contribution in [3.8, 4) is 0 Å². The highest BCUT2D eigenvalue weighted by Crippen LogP contribution is 2.28. The number of rotatable bonds is 5. The Balaban J connectivity index is 1.23. The zero-order valence-corrected chi connectivity index (χ0v) is 17.0. The number of nitrogens with zero attached hydrogens (tertiary/aromatic N) is 1. The van der Waals surface area contributed by atoms with E-state index in [0.29, 0.717) is 45.2 Å². The molecule has 0 bridgehead atoms. The van der Waals surface area contributed by atoms with E-state index in [9.17, 15) is 14.4 Å². The van der Waals surface area contributed by atoms with Gasteiger partial charge >= 0.3 is 0 Å². The van der Waals surface area contributed by atoms with Crippen LogP contribution >= 0.6 is 0 Å². The van der Waals surface area contributed by atoms with Crippen molar-refractivity contribution in [2.24, 2.45) is 11.8 Å². The highest BCUT2D eigenvalue weighted by atomic mass is 16.2. The van der Waals surface area contributed by atoms with Gasteiger partial charge in [-0.25, -0.2) is 0 Å². The average Bonchev–Trinajstić information content (AvgIpc) is 2.78. The molecule has 0 saturated carbocycles. The number of likely N-dealkylation sites (tertiary alicyclic amines) is 1. The van der Waals surface area contributed by atoms with E-state index in [1.54, 1.807) is 0 Å². The summed E-state index contributed by atoms with van der Waals surface area (Å²) in [4.78, 5) is 39.3. The number of nitrogens with one attached hydrogen (secondary N) is 2. The number of piperidine rings is 1. The molecule has 6 heteroatoms. The number of fused-ring (bicyclic) bond motifs is 1. The third-order valence-electron chi connectivity index (χ3n) is 6.08. The molecule has 0 aliphatic carbocycles. The Labute approximate surface area is 176 Å². The van der Waals surface area contributed by atoms with Crippen LogP contribution in [0.5, 0.6) is 0 Å². The number of amides is 3. The van der Waals surface area contributed by atoms with Crippen LogP contribution in [0.1, 0.15) is 31.2 Å². The van der Waals surface area contributed by atoms with E-state index in [1.807, 2.05) is 59.5 Å². The number of carbonyl (C=O) groups excluding carboxylic acids is 3. The van der Waals surface area contributed by atoms with Crippen molar-refractivity contribution in [1.29, 1.82) is 0 Å². The second-order valence-corrected chi connectivity index (χ2v) is 8.10. The minimum atomic E-state index is -0.168. The molecule has 3 amide bonds. The number of para-hydroxylation sites is 2. The molecule has 0 radical (unpaired) electrons. The van der Waals surface area contributed by atoms with E-state index in [2.05, 4.69) is 10.6 Å². The molecule has 2 aliphatic heterocycles. The molecule has 30 heavy (non-hydrogen) atoms. The molecule has 1 saturated heterocycles. The van der Waals surface area contributed by atoms with E-state index < -0.39 is 0 Å². The Bertz CT molecular complexity index is 920. The summed E-state index contributed by atoms with van der Waals surface area (Å²) in [5.41, 5.74) is 2.80. The van der Waals surface area contributed by atoms with Gasteiger partial charge in [-0.05, 0) is 49.4 Å². The summed E-state index contributed by atoms with van der Waals surface area (Å²) in [6.45, 7) is 1.18. The fourth-order valence-electron chi connectivity index (χ4n) is 4.26.